The van der Waals surface area contributed by atoms with Gasteiger partial charge in [0.05, 0.1) is 17.9 Å². The Labute approximate surface area is 116 Å². The van der Waals surface area contributed by atoms with Crippen LogP contribution in [0.2, 0.25) is 0 Å². The van der Waals surface area contributed by atoms with Crippen LogP contribution >= 0.6 is 0 Å². The molecule has 0 spiro atoms. The molecule has 0 aliphatic rings. The molecule has 0 unspecified atom stereocenters. The van der Waals surface area contributed by atoms with E-state index in [4.69, 9.17) is 4.42 Å². The summed E-state index contributed by atoms with van der Waals surface area (Å²) in [5.74, 6) is 0.437. The van der Waals surface area contributed by atoms with Gasteiger partial charge in [-0.2, -0.15) is 13.5 Å². The molecule has 0 aliphatic heterocycles. The van der Waals surface area contributed by atoms with Crippen molar-refractivity contribution in [3.8, 4) is 0 Å². The van der Waals surface area contributed by atoms with E-state index in [1.54, 1.807) is 27.0 Å². The first-order chi connectivity index (χ1) is 9.42. The average molecular weight is 297 g/mol. The lowest BCUT2D eigenvalue weighted by Crippen LogP contribution is -2.15. The molecule has 2 N–H and O–H groups in total. The predicted molar refractivity (Wildman–Crippen MR) is 71.6 cm³/mol. The quantitative estimate of drug-likeness (QED) is 0.831. The molecule has 2 heterocycles. The largest absolute Gasteiger partial charge is 0.446 e. The van der Waals surface area contributed by atoms with Crippen LogP contribution in [-0.2, 0) is 16.6 Å². The molecule has 0 saturated carbocycles. The number of hydrogen-bond donors (Lipinski definition) is 2. The topological polar surface area (TPSA) is 110 Å². The number of hydrogen-bond acceptors (Lipinski definition) is 7. The highest BCUT2D eigenvalue weighted by atomic mass is 32.2. The Morgan fingerprint density at radius 3 is 2.60 bits per heavy atom. The van der Waals surface area contributed by atoms with Gasteiger partial charge < -0.3 is 9.73 Å². The zero-order valence-corrected chi connectivity index (χ0v) is 12.2. The van der Waals surface area contributed by atoms with Crippen LogP contribution in [0.4, 0.5) is 5.95 Å². The Balaban J connectivity index is 2.23. The first-order valence-corrected chi connectivity index (χ1v) is 7.35. The summed E-state index contributed by atoms with van der Waals surface area (Å²) >= 11 is 0. The summed E-state index contributed by atoms with van der Waals surface area (Å²) in [6, 6.07) is 2.97. The Kier molecular flexibility index (Phi) is 4.00. The lowest BCUT2D eigenvalue weighted by Gasteiger charge is -2.04. The Morgan fingerprint density at radius 2 is 1.95 bits per heavy atom. The van der Waals surface area contributed by atoms with Crippen LogP contribution in [0.1, 0.15) is 17.1 Å². The molecule has 108 valence electrons. The van der Waals surface area contributed by atoms with Crippen LogP contribution in [-0.4, -0.2) is 30.6 Å². The van der Waals surface area contributed by atoms with Crippen LogP contribution in [0.15, 0.2) is 21.6 Å². The number of aryl methyl sites for hydroxylation is 2. The van der Waals surface area contributed by atoms with Crippen molar-refractivity contribution in [2.75, 3.05) is 11.8 Å². The van der Waals surface area contributed by atoms with E-state index in [1.165, 1.54) is 6.07 Å². The maximum Gasteiger partial charge on any atom is 0.297 e. The molecule has 8 nitrogen and oxygen atoms in total. The predicted octanol–water partition coefficient (Wildman–Crippen LogP) is 0.602. The number of aromatic nitrogens is 3. The molecular weight excluding hydrogens is 282 g/mol. The molecule has 2 rings (SSSR count). The van der Waals surface area contributed by atoms with E-state index in [2.05, 4.69) is 25.2 Å². The standard InChI is InChI=1S/C11H15N5O3S/c1-7-8(2)14-15-11(13-7)16-20(17,18)10-5-4-9(19-10)6-12-3/h4-5,12H,6H2,1-3H3,(H,13,15,16). The second-order valence-corrected chi connectivity index (χ2v) is 5.78. The molecule has 0 aromatic carbocycles. The van der Waals surface area contributed by atoms with Crippen molar-refractivity contribution < 1.29 is 12.8 Å². The third kappa shape index (κ3) is 3.11. The summed E-state index contributed by atoms with van der Waals surface area (Å²) in [4.78, 5) is 4.01. The van der Waals surface area contributed by atoms with E-state index in [0.29, 0.717) is 23.7 Å². The van der Waals surface area contributed by atoms with Crippen LogP contribution in [0.5, 0.6) is 0 Å². The van der Waals surface area contributed by atoms with Crippen LogP contribution in [0.3, 0.4) is 0 Å². The third-order valence-corrected chi connectivity index (χ3v) is 3.77. The summed E-state index contributed by atoms with van der Waals surface area (Å²) in [6.07, 6.45) is 0. The minimum Gasteiger partial charge on any atom is -0.446 e. The molecule has 0 amide bonds. The lowest BCUT2D eigenvalue weighted by atomic mass is 10.4. The van der Waals surface area contributed by atoms with Crippen molar-refractivity contribution in [1.82, 2.24) is 20.5 Å². The highest BCUT2D eigenvalue weighted by molar-refractivity contribution is 7.92. The highest BCUT2D eigenvalue weighted by Gasteiger charge is 2.20. The van der Waals surface area contributed by atoms with Gasteiger partial charge in [0.1, 0.15) is 5.76 Å². The number of rotatable bonds is 5. The Bertz CT molecular complexity index is 711. The SMILES string of the molecule is CNCc1ccc(S(=O)(=O)Nc2nnc(C)c(C)n2)o1. The monoisotopic (exact) mass is 297 g/mol. The van der Waals surface area contributed by atoms with E-state index < -0.39 is 10.0 Å². The van der Waals surface area contributed by atoms with Crippen LogP contribution < -0.4 is 10.0 Å². The van der Waals surface area contributed by atoms with Crippen LogP contribution in [0.25, 0.3) is 0 Å². The minimum absolute atomic E-state index is 0.0836. The molecule has 0 radical (unpaired) electrons. The van der Waals surface area contributed by atoms with Crippen molar-refractivity contribution in [2.24, 2.45) is 0 Å². The minimum atomic E-state index is -3.85. The van der Waals surface area contributed by atoms with Crippen molar-refractivity contribution in [1.29, 1.82) is 0 Å². The molecule has 0 aliphatic carbocycles. The summed E-state index contributed by atoms with van der Waals surface area (Å²) in [7, 11) is -2.11. The molecule has 0 atom stereocenters. The number of anilines is 1. The molecule has 20 heavy (non-hydrogen) atoms. The van der Waals surface area contributed by atoms with E-state index >= 15 is 0 Å². The van der Waals surface area contributed by atoms with Gasteiger partial charge in [-0.25, -0.2) is 9.71 Å². The summed E-state index contributed by atoms with van der Waals surface area (Å²) in [6.45, 7) is 3.90. The molecule has 0 saturated heterocycles. The van der Waals surface area contributed by atoms with Gasteiger partial charge in [-0.3, -0.25) is 0 Å². The van der Waals surface area contributed by atoms with E-state index in [-0.39, 0.29) is 11.0 Å². The molecule has 2 aromatic heterocycles. The summed E-state index contributed by atoms with van der Waals surface area (Å²) in [5, 5.41) is 10.2. The first kappa shape index (κ1) is 14.4. The lowest BCUT2D eigenvalue weighted by molar-refractivity contribution is 0.408. The summed E-state index contributed by atoms with van der Waals surface area (Å²) < 4.78 is 31.6. The molecule has 9 heteroatoms. The second kappa shape index (κ2) is 5.55. The number of nitrogens with zero attached hydrogens (tertiary/aromatic N) is 3. The average Bonchev–Trinajstić information content (AvgIpc) is 2.83. The van der Waals surface area contributed by atoms with Crippen molar-refractivity contribution in [2.45, 2.75) is 25.5 Å². The molecular formula is C11H15N5O3S. The maximum absolute atomic E-state index is 12.1. The van der Waals surface area contributed by atoms with Gasteiger partial charge in [-0.15, -0.1) is 5.10 Å². The van der Waals surface area contributed by atoms with Crippen molar-refractivity contribution in [3.05, 3.63) is 29.3 Å². The maximum atomic E-state index is 12.1. The van der Waals surface area contributed by atoms with Gasteiger partial charge in [0.25, 0.3) is 16.0 Å². The van der Waals surface area contributed by atoms with Gasteiger partial charge in [-0.05, 0) is 33.0 Å². The van der Waals surface area contributed by atoms with E-state index in [1.807, 2.05) is 0 Å². The van der Waals surface area contributed by atoms with Gasteiger partial charge >= 0.3 is 0 Å². The zero-order valence-electron chi connectivity index (χ0n) is 11.3. The number of furan rings is 1. The van der Waals surface area contributed by atoms with Crippen molar-refractivity contribution >= 4 is 16.0 Å². The van der Waals surface area contributed by atoms with E-state index in [0.717, 1.165) is 0 Å². The fourth-order valence-electron chi connectivity index (χ4n) is 1.44. The fraction of sp³-hybridized carbons (Fsp3) is 0.364. The molecule has 0 bridgehead atoms. The normalized spacial score (nSPS) is 11.6. The zero-order chi connectivity index (χ0) is 14.8. The van der Waals surface area contributed by atoms with Gasteiger partial charge in [0.15, 0.2) is 0 Å². The fourth-order valence-corrected chi connectivity index (χ4v) is 2.33. The van der Waals surface area contributed by atoms with Gasteiger partial charge in [-0.1, -0.05) is 0 Å². The summed E-state index contributed by atoms with van der Waals surface area (Å²) in [5.41, 5.74) is 1.25. The number of sulfonamides is 1. The van der Waals surface area contributed by atoms with E-state index in [9.17, 15) is 8.42 Å². The smallest absolute Gasteiger partial charge is 0.297 e. The first-order valence-electron chi connectivity index (χ1n) is 5.86. The number of nitrogens with one attached hydrogen (secondary N) is 2. The van der Waals surface area contributed by atoms with Crippen LogP contribution in [0, 0.1) is 13.8 Å². The van der Waals surface area contributed by atoms with Gasteiger partial charge in [0, 0.05) is 0 Å². The second-order valence-electron chi connectivity index (χ2n) is 4.16. The third-order valence-electron chi connectivity index (χ3n) is 2.57. The van der Waals surface area contributed by atoms with Crippen molar-refractivity contribution in [3.63, 3.8) is 0 Å². The van der Waals surface area contributed by atoms with Gasteiger partial charge in [0.2, 0.25) is 5.09 Å². The highest BCUT2D eigenvalue weighted by Crippen LogP contribution is 2.16. The Hall–Kier alpha value is -2.00. The Morgan fingerprint density at radius 1 is 1.20 bits per heavy atom. The molecule has 0 fully saturated rings. The molecule has 2 aromatic rings.